The van der Waals surface area contributed by atoms with Crippen LogP contribution in [0.1, 0.15) is 32.7 Å². The summed E-state index contributed by atoms with van der Waals surface area (Å²) in [6, 6.07) is 2.18. The van der Waals surface area contributed by atoms with Crippen molar-refractivity contribution < 1.29 is 0 Å². The molecule has 0 aliphatic carbocycles. The molecule has 0 saturated carbocycles. The Morgan fingerprint density at radius 3 is 2.97 bits per heavy atom. The molecule has 5 rings (SSSR count). The Labute approximate surface area is 173 Å². The number of aromatic amines is 2. The molecule has 2 N–H and O–H groups in total. The zero-order chi connectivity index (χ0) is 20.7. The first-order valence-corrected chi connectivity index (χ1v) is 10.2. The highest BCUT2D eigenvalue weighted by atomic mass is 16.1. The Hall–Kier alpha value is -3.49. The second-order valence-electron chi connectivity index (χ2n) is 8.16. The summed E-state index contributed by atoms with van der Waals surface area (Å²) in [6.45, 7) is 6.02. The summed E-state index contributed by atoms with van der Waals surface area (Å²) in [5, 5.41) is 5.69. The van der Waals surface area contributed by atoms with Crippen LogP contribution in [0.2, 0.25) is 0 Å². The molecule has 2 unspecified atom stereocenters. The molecular weight excluding hydrogens is 380 g/mol. The molecule has 5 heterocycles. The molecular formula is C21H24N8O. The Bertz CT molecular complexity index is 1240. The first-order valence-electron chi connectivity index (χ1n) is 10.2. The third-order valence-corrected chi connectivity index (χ3v) is 6.23. The molecule has 1 fully saturated rings. The van der Waals surface area contributed by atoms with E-state index in [1.807, 2.05) is 18.5 Å². The minimum atomic E-state index is -0.143. The summed E-state index contributed by atoms with van der Waals surface area (Å²) in [5.74, 6) is 0.494. The molecule has 2 atom stereocenters. The van der Waals surface area contributed by atoms with Gasteiger partial charge in [-0.15, -0.1) is 0 Å². The SMILES string of the molecule is CCC(n1cc(-c2ncnc3[nH]ccc23)cn1)C1(C)CCN(c2ncc[nH]c2=O)C1. The molecule has 9 heteroatoms. The van der Waals surface area contributed by atoms with Crippen molar-refractivity contribution in [2.45, 2.75) is 32.7 Å². The van der Waals surface area contributed by atoms with Crippen LogP contribution in [0, 0.1) is 5.41 Å². The molecule has 1 aliphatic rings. The van der Waals surface area contributed by atoms with Gasteiger partial charge in [-0.3, -0.25) is 9.48 Å². The number of nitrogens with one attached hydrogen (secondary N) is 2. The van der Waals surface area contributed by atoms with E-state index in [-0.39, 0.29) is 17.0 Å². The zero-order valence-corrected chi connectivity index (χ0v) is 17.0. The van der Waals surface area contributed by atoms with E-state index in [2.05, 4.69) is 54.5 Å². The highest BCUT2D eigenvalue weighted by Gasteiger charge is 2.42. The Morgan fingerprint density at radius 2 is 2.13 bits per heavy atom. The van der Waals surface area contributed by atoms with E-state index in [9.17, 15) is 4.79 Å². The topological polar surface area (TPSA) is 108 Å². The van der Waals surface area contributed by atoms with E-state index in [1.54, 1.807) is 18.7 Å². The van der Waals surface area contributed by atoms with E-state index >= 15 is 0 Å². The normalized spacial score (nSPS) is 20.1. The Morgan fingerprint density at radius 1 is 1.23 bits per heavy atom. The van der Waals surface area contributed by atoms with Gasteiger partial charge in [0.15, 0.2) is 5.82 Å². The molecule has 0 spiro atoms. The van der Waals surface area contributed by atoms with Crippen molar-refractivity contribution in [2.75, 3.05) is 18.0 Å². The lowest BCUT2D eigenvalue weighted by Gasteiger charge is -2.33. The van der Waals surface area contributed by atoms with E-state index < -0.39 is 0 Å². The number of H-pyrrole nitrogens is 2. The molecule has 0 amide bonds. The van der Waals surface area contributed by atoms with E-state index in [0.29, 0.717) is 5.82 Å². The van der Waals surface area contributed by atoms with Crippen molar-refractivity contribution in [1.29, 1.82) is 0 Å². The summed E-state index contributed by atoms with van der Waals surface area (Å²) >= 11 is 0. The van der Waals surface area contributed by atoms with Crippen LogP contribution in [0.15, 0.2) is 48.2 Å². The molecule has 9 nitrogen and oxygen atoms in total. The van der Waals surface area contributed by atoms with Gasteiger partial charge < -0.3 is 14.9 Å². The van der Waals surface area contributed by atoms with Gasteiger partial charge in [-0.2, -0.15) is 5.10 Å². The highest BCUT2D eigenvalue weighted by Crippen LogP contribution is 2.43. The van der Waals surface area contributed by atoms with Crippen LogP contribution in [0.25, 0.3) is 22.3 Å². The monoisotopic (exact) mass is 404 g/mol. The molecule has 154 valence electrons. The number of hydrogen-bond donors (Lipinski definition) is 2. The maximum atomic E-state index is 12.2. The number of anilines is 1. The van der Waals surface area contributed by atoms with Gasteiger partial charge >= 0.3 is 0 Å². The van der Waals surface area contributed by atoms with Crippen LogP contribution in [0.3, 0.4) is 0 Å². The fraction of sp³-hybridized carbons (Fsp3) is 0.381. The second-order valence-corrected chi connectivity index (χ2v) is 8.16. The average molecular weight is 404 g/mol. The molecule has 30 heavy (non-hydrogen) atoms. The molecule has 1 aliphatic heterocycles. The van der Waals surface area contributed by atoms with Crippen molar-refractivity contribution in [3.8, 4) is 11.3 Å². The standard InChI is InChI=1S/C21H24N8O/c1-3-16(21(2)5-9-28(12-21)19-20(30)24-8-7-23-19)29-11-14(10-27-29)17-15-4-6-22-18(15)26-13-25-17/h4,6-8,10-11,13,16H,3,5,9,12H2,1-2H3,(H,24,30)(H,22,25,26). The van der Waals surface area contributed by atoms with E-state index in [4.69, 9.17) is 5.10 Å². The van der Waals surface area contributed by atoms with Gasteiger partial charge in [0, 0.05) is 54.2 Å². The fourth-order valence-electron chi connectivity index (χ4n) is 4.74. The van der Waals surface area contributed by atoms with Crippen molar-refractivity contribution in [1.82, 2.24) is 34.7 Å². The van der Waals surface area contributed by atoms with E-state index in [0.717, 1.165) is 48.2 Å². The minimum absolute atomic E-state index is 0.0307. The van der Waals surface area contributed by atoms with Crippen LogP contribution >= 0.6 is 0 Å². The summed E-state index contributed by atoms with van der Waals surface area (Å²) < 4.78 is 2.06. The average Bonchev–Trinajstić information content (AvgIpc) is 3.49. The van der Waals surface area contributed by atoms with Gasteiger partial charge in [0.25, 0.3) is 5.56 Å². The predicted molar refractivity (Wildman–Crippen MR) is 114 cm³/mol. The number of hydrogen-bond acceptors (Lipinski definition) is 6. The molecule has 4 aromatic rings. The molecule has 0 radical (unpaired) electrons. The van der Waals surface area contributed by atoms with Crippen LogP contribution in [0.4, 0.5) is 5.82 Å². The highest BCUT2D eigenvalue weighted by molar-refractivity contribution is 5.89. The first-order chi connectivity index (χ1) is 14.6. The Kier molecular flexibility index (Phi) is 4.38. The van der Waals surface area contributed by atoms with Gasteiger partial charge in [0.1, 0.15) is 12.0 Å². The molecule has 4 aromatic heterocycles. The zero-order valence-electron chi connectivity index (χ0n) is 17.0. The van der Waals surface area contributed by atoms with E-state index in [1.165, 1.54) is 0 Å². The Balaban J connectivity index is 1.44. The summed E-state index contributed by atoms with van der Waals surface area (Å²) in [6.07, 6.45) is 12.5. The lowest BCUT2D eigenvalue weighted by Crippen LogP contribution is -2.35. The van der Waals surface area contributed by atoms with Crippen molar-refractivity contribution in [3.05, 3.63) is 53.7 Å². The third kappa shape index (κ3) is 2.97. The third-order valence-electron chi connectivity index (χ3n) is 6.23. The van der Waals surface area contributed by atoms with Gasteiger partial charge in [-0.25, -0.2) is 15.0 Å². The van der Waals surface area contributed by atoms with Gasteiger partial charge in [-0.05, 0) is 18.9 Å². The lowest BCUT2D eigenvalue weighted by molar-refractivity contribution is 0.196. The first kappa shape index (κ1) is 18.5. The maximum absolute atomic E-state index is 12.2. The van der Waals surface area contributed by atoms with Gasteiger partial charge in [0.2, 0.25) is 0 Å². The predicted octanol–water partition coefficient (Wildman–Crippen LogP) is 2.77. The van der Waals surface area contributed by atoms with Crippen LogP contribution < -0.4 is 10.5 Å². The largest absolute Gasteiger partial charge is 0.351 e. The van der Waals surface area contributed by atoms with Gasteiger partial charge in [0.05, 0.1) is 17.9 Å². The summed E-state index contributed by atoms with van der Waals surface area (Å²) in [7, 11) is 0. The van der Waals surface area contributed by atoms with Crippen molar-refractivity contribution >= 4 is 16.9 Å². The van der Waals surface area contributed by atoms with Crippen LogP contribution in [-0.2, 0) is 0 Å². The fourth-order valence-corrected chi connectivity index (χ4v) is 4.74. The van der Waals surface area contributed by atoms with Gasteiger partial charge in [-0.1, -0.05) is 13.8 Å². The lowest BCUT2D eigenvalue weighted by atomic mass is 9.80. The molecule has 1 saturated heterocycles. The molecule has 0 aromatic carbocycles. The maximum Gasteiger partial charge on any atom is 0.290 e. The molecule has 0 bridgehead atoms. The summed E-state index contributed by atoms with van der Waals surface area (Å²) in [4.78, 5) is 33.2. The minimum Gasteiger partial charge on any atom is -0.351 e. The number of aromatic nitrogens is 7. The smallest absolute Gasteiger partial charge is 0.290 e. The second kappa shape index (κ2) is 7.08. The number of nitrogens with zero attached hydrogens (tertiary/aromatic N) is 6. The quantitative estimate of drug-likeness (QED) is 0.529. The van der Waals surface area contributed by atoms with Crippen molar-refractivity contribution in [3.63, 3.8) is 0 Å². The number of rotatable bonds is 5. The summed E-state index contributed by atoms with van der Waals surface area (Å²) in [5.41, 5.74) is 2.49. The number of fused-ring (bicyclic) bond motifs is 1. The van der Waals surface area contributed by atoms with Crippen molar-refractivity contribution in [2.24, 2.45) is 5.41 Å². The van der Waals surface area contributed by atoms with Crippen LogP contribution in [-0.4, -0.2) is 47.8 Å². The van der Waals surface area contributed by atoms with Crippen LogP contribution in [0.5, 0.6) is 0 Å².